The smallest absolute Gasteiger partial charge is 0.422 e. The van der Waals surface area contributed by atoms with Gasteiger partial charge in [0.05, 0.1) is 0 Å². The first-order valence-corrected chi connectivity index (χ1v) is 9.72. The SMILES string of the molecule is O=C(c1ccccc1)C1CCN(C(=O)NCc2ccc(OCC(F)(F)F)cc2)CC1. The highest BCUT2D eigenvalue weighted by molar-refractivity contribution is 5.97. The summed E-state index contributed by atoms with van der Waals surface area (Å²) < 4.78 is 41.2. The van der Waals surface area contributed by atoms with Gasteiger partial charge < -0.3 is 15.0 Å². The maximum atomic E-state index is 12.5. The number of hydrogen-bond acceptors (Lipinski definition) is 3. The average molecular weight is 420 g/mol. The van der Waals surface area contributed by atoms with Crippen LogP contribution in [0.1, 0.15) is 28.8 Å². The molecule has 30 heavy (non-hydrogen) atoms. The number of piperidine rings is 1. The molecule has 0 spiro atoms. The molecule has 2 amide bonds. The Balaban J connectivity index is 1.42. The molecule has 1 aliphatic heterocycles. The van der Waals surface area contributed by atoms with Crippen LogP contribution in [0.4, 0.5) is 18.0 Å². The highest BCUT2D eigenvalue weighted by atomic mass is 19.4. The van der Waals surface area contributed by atoms with Crippen LogP contribution in [-0.4, -0.2) is 42.6 Å². The zero-order chi connectivity index (χ0) is 21.6. The molecule has 0 unspecified atom stereocenters. The van der Waals surface area contributed by atoms with Crippen LogP contribution in [-0.2, 0) is 6.54 Å². The van der Waals surface area contributed by atoms with Gasteiger partial charge in [-0.05, 0) is 30.5 Å². The van der Waals surface area contributed by atoms with Crippen molar-refractivity contribution in [3.63, 3.8) is 0 Å². The molecular formula is C22H23F3N2O3. The number of halogens is 3. The molecule has 1 fully saturated rings. The summed E-state index contributed by atoms with van der Waals surface area (Å²) in [5.41, 5.74) is 1.44. The molecule has 1 aliphatic rings. The maximum Gasteiger partial charge on any atom is 0.422 e. The van der Waals surface area contributed by atoms with Gasteiger partial charge in [0, 0.05) is 31.1 Å². The van der Waals surface area contributed by atoms with E-state index in [1.165, 1.54) is 12.1 Å². The molecule has 5 nitrogen and oxygen atoms in total. The number of hydrogen-bond donors (Lipinski definition) is 1. The van der Waals surface area contributed by atoms with Gasteiger partial charge in [-0.15, -0.1) is 0 Å². The van der Waals surface area contributed by atoms with Gasteiger partial charge in [-0.1, -0.05) is 42.5 Å². The lowest BCUT2D eigenvalue weighted by molar-refractivity contribution is -0.153. The van der Waals surface area contributed by atoms with Crippen molar-refractivity contribution in [2.24, 2.45) is 5.92 Å². The summed E-state index contributed by atoms with van der Waals surface area (Å²) in [6.45, 7) is -0.0916. The third kappa shape index (κ3) is 6.23. The van der Waals surface area contributed by atoms with Gasteiger partial charge in [-0.25, -0.2) is 4.79 Å². The van der Waals surface area contributed by atoms with E-state index in [0.717, 1.165) is 5.56 Å². The van der Waals surface area contributed by atoms with E-state index in [0.29, 0.717) is 31.5 Å². The van der Waals surface area contributed by atoms with Crippen molar-refractivity contribution in [1.29, 1.82) is 0 Å². The van der Waals surface area contributed by atoms with Gasteiger partial charge in [0.15, 0.2) is 12.4 Å². The molecule has 1 N–H and O–H groups in total. The Morgan fingerprint density at radius 2 is 1.63 bits per heavy atom. The molecule has 0 saturated carbocycles. The molecule has 8 heteroatoms. The van der Waals surface area contributed by atoms with Gasteiger partial charge >= 0.3 is 12.2 Å². The van der Waals surface area contributed by atoms with E-state index in [1.807, 2.05) is 18.2 Å². The van der Waals surface area contributed by atoms with Crippen molar-refractivity contribution in [2.75, 3.05) is 19.7 Å². The maximum absolute atomic E-state index is 12.5. The first kappa shape index (κ1) is 21.7. The molecule has 1 heterocycles. The average Bonchev–Trinajstić information content (AvgIpc) is 2.76. The van der Waals surface area contributed by atoms with Gasteiger partial charge in [-0.2, -0.15) is 13.2 Å². The van der Waals surface area contributed by atoms with E-state index in [1.54, 1.807) is 29.2 Å². The highest BCUT2D eigenvalue weighted by Crippen LogP contribution is 2.22. The Morgan fingerprint density at radius 1 is 1.00 bits per heavy atom. The molecule has 1 saturated heterocycles. The Morgan fingerprint density at radius 3 is 2.23 bits per heavy atom. The van der Waals surface area contributed by atoms with E-state index >= 15 is 0 Å². The quantitative estimate of drug-likeness (QED) is 0.704. The fourth-order valence-electron chi connectivity index (χ4n) is 3.34. The fourth-order valence-corrected chi connectivity index (χ4v) is 3.34. The summed E-state index contributed by atoms with van der Waals surface area (Å²) in [6.07, 6.45) is -3.15. The van der Waals surface area contributed by atoms with Crippen molar-refractivity contribution >= 4 is 11.8 Å². The minimum Gasteiger partial charge on any atom is -0.484 e. The number of Topliss-reactive ketones (excluding diaryl/α,β-unsaturated/α-hetero) is 1. The van der Waals surface area contributed by atoms with Crippen LogP contribution in [0.5, 0.6) is 5.75 Å². The number of nitrogens with zero attached hydrogens (tertiary/aromatic N) is 1. The molecule has 160 valence electrons. The lowest BCUT2D eigenvalue weighted by Crippen LogP contribution is -2.45. The summed E-state index contributed by atoms with van der Waals surface area (Å²) in [6, 6.07) is 15.0. The number of amides is 2. The lowest BCUT2D eigenvalue weighted by atomic mass is 9.89. The number of rotatable bonds is 6. The normalized spacial score (nSPS) is 15.0. The minimum atomic E-state index is -4.38. The van der Waals surface area contributed by atoms with Gasteiger partial charge in [0.2, 0.25) is 0 Å². The Kier molecular flexibility index (Phi) is 6.97. The molecule has 3 rings (SSSR count). The second kappa shape index (κ2) is 9.65. The van der Waals surface area contributed by atoms with E-state index < -0.39 is 12.8 Å². The summed E-state index contributed by atoms with van der Waals surface area (Å²) in [5, 5.41) is 2.80. The van der Waals surface area contributed by atoms with E-state index in [2.05, 4.69) is 10.1 Å². The number of ether oxygens (including phenoxy) is 1. The predicted octanol–water partition coefficient (Wildman–Crippen LogP) is 4.43. The number of urea groups is 1. The first-order chi connectivity index (χ1) is 14.3. The van der Waals surface area contributed by atoms with Crippen molar-refractivity contribution in [3.05, 3.63) is 65.7 Å². The number of carbonyl (C=O) groups excluding carboxylic acids is 2. The third-order valence-corrected chi connectivity index (χ3v) is 4.98. The molecule has 0 bridgehead atoms. The van der Waals surface area contributed by atoms with Crippen LogP contribution in [0.15, 0.2) is 54.6 Å². The zero-order valence-corrected chi connectivity index (χ0v) is 16.3. The van der Waals surface area contributed by atoms with Crippen LogP contribution in [0.25, 0.3) is 0 Å². The summed E-state index contributed by atoms with van der Waals surface area (Å²) >= 11 is 0. The molecule has 2 aromatic carbocycles. The van der Waals surface area contributed by atoms with Crippen molar-refractivity contribution in [3.8, 4) is 5.75 Å². The molecule has 2 aromatic rings. The van der Waals surface area contributed by atoms with E-state index in [-0.39, 0.29) is 30.0 Å². The van der Waals surface area contributed by atoms with Crippen molar-refractivity contribution in [1.82, 2.24) is 10.2 Å². The Bertz CT molecular complexity index is 846. The summed E-state index contributed by atoms with van der Waals surface area (Å²) in [7, 11) is 0. The monoisotopic (exact) mass is 420 g/mol. The highest BCUT2D eigenvalue weighted by Gasteiger charge is 2.29. The van der Waals surface area contributed by atoms with Crippen LogP contribution in [0.2, 0.25) is 0 Å². The Hall–Kier alpha value is -3.03. The van der Waals surface area contributed by atoms with Crippen molar-refractivity contribution < 1.29 is 27.5 Å². The van der Waals surface area contributed by atoms with Crippen LogP contribution in [0.3, 0.4) is 0 Å². The summed E-state index contributed by atoms with van der Waals surface area (Å²) in [5.74, 6) is 0.150. The largest absolute Gasteiger partial charge is 0.484 e. The zero-order valence-electron chi connectivity index (χ0n) is 16.3. The van der Waals surface area contributed by atoms with E-state index in [9.17, 15) is 22.8 Å². The molecule has 0 aromatic heterocycles. The molecule has 0 aliphatic carbocycles. The summed E-state index contributed by atoms with van der Waals surface area (Å²) in [4.78, 5) is 26.6. The predicted molar refractivity (Wildman–Crippen MR) is 105 cm³/mol. The van der Waals surface area contributed by atoms with Crippen LogP contribution < -0.4 is 10.1 Å². The second-order valence-corrected chi connectivity index (χ2v) is 7.20. The van der Waals surface area contributed by atoms with E-state index in [4.69, 9.17) is 0 Å². The van der Waals surface area contributed by atoms with Gasteiger partial charge in [0.25, 0.3) is 0 Å². The number of ketones is 1. The Labute approximate surface area is 172 Å². The molecule has 0 radical (unpaired) electrons. The van der Waals surface area contributed by atoms with Crippen LogP contribution in [0, 0.1) is 5.92 Å². The van der Waals surface area contributed by atoms with Crippen LogP contribution >= 0.6 is 0 Å². The number of benzene rings is 2. The minimum absolute atomic E-state index is 0.0827. The lowest BCUT2D eigenvalue weighted by Gasteiger charge is -2.31. The van der Waals surface area contributed by atoms with Crippen molar-refractivity contribution in [2.45, 2.75) is 25.6 Å². The number of carbonyl (C=O) groups is 2. The fraction of sp³-hybridized carbons (Fsp3) is 0.364. The first-order valence-electron chi connectivity index (χ1n) is 9.72. The third-order valence-electron chi connectivity index (χ3n) is 4.98. The second-order valence-electron chi connectivity index (χ2n) is 7.20. The number of likely N-dealkylation sites (tertiary alicyclic amines) is 1. The van der Waals surface area contributed by atoms with Gasteiger partial charge in [0.1, 0.15) is 5.75 Å². The standard InChI is InChI=1S/C22H23F3N2O3/c23-22(24,25)15-30-19-8-6-16(7-9-19)14-26-21(29)27-12-10-18(11-13-27)20(28)17-4-2-1-3-5-17/h1-9,18H,10-15H2,(H,26,29). The topological polar surface area (TPSA) is 58.6 Å². The number of nitrogens with one attached hydrogen (secondary N) is 1. The molecular weight excluding hydrogens is 397 g/mol. The molecule has 0 atom stereocenters. The number of alkyl halides is 3. The van der Waals surface area contributed by atoms with Gasteiger partial charge in [-0.3, -0.25) is 4.79 Å².